The Balaban J connectivity index is 1.83. The Morgan fingerprint density at radius 2 is 2.30 bits per heavy atom. The number of ether oxygens (including phenoxy) is 1. The molecule has 20 heavy (non-hydrogen) atoms. The van der Waals surface area contributed by atoms with Gasteiger partial charge in [0.2, 0.25) is 5.91 Å². The molecule has 1 aromatic rings. The van der Waals surface area contributed by atoms with Crippen LogP contribution in [-0.4, -0.2) is 43.6 Å². The van der Waals surface area contributed by atoms with Gasteiger partial charge in [-0.3, -0.25) is 9.69 Å². The minimum atomic E-state index is 0.0113. The van der Waals surface area contributed by atoms with Gasteiger partial charge in [-0.1, -0.05) is 12.1 Å². The maximum Gasteiger partial charge on any atom is 0.225 e. The predicted octanol–water partition coefficient (Wildman–Crippen LogP) is 1.45. The summed E-state index contributed by atoms with van der Waals surface area (Å²) in [5.41, 5.74) is 6.45. The van der Waals surface area contributed by atoms with Crippen LogP contribution in [0.1, 0.15) is 19.3 Å². The maximum absolute atomic E-state index is 12.0. The summed E-state index contributed by atoms with van der Waals surface area (Å²) >= 11 is 0. The van der Waals surface area contributed by atoms with Crippen molar-refractivity contribution in [1.29, 1.82) is 0 Å². The minimum absolute atomic E-state index is 0.0113. The summed E-state index contributed by atoms with van der Waals surface area (Å²) in [5, 5.41) is 2.90. The molecular formula is C15H23N3O2. The van der Waals surface area contributed by atoms with Crippen molar-refractivity contribution in [3.63, 3.8) is 0 Å². The van der Waals surface area contributed by atoms with Crippen LogP contribution in [0.15, 0.2) is 24.3 Å². The van der Waals surface area contributed by atoms with Crippen LogP contribution in [0.25, 0.3) is 0 Å². The van der Waals surface area contributed by atoms with Gasteiger partial charge < -0.3 is 15.8 Å². The second kappa shape index (κ2) is 7.26. The van der Waals surface area contributed by atoms with E-state index >= 15 is 0 Å². The molecule has 110 valence electrons. The maximum atomic E-state index is 12.0. The largest absolute Gasteiger partial charge is 0.495 e. The van der Waals surface area contributed by atoms with Gasteiger partial charge in [-0.15, -0.1) is 0 Å². The summed E-state index contributed by atoms with van der Waals surface area (Å²) in [6, 6.07) is 7.87. The number of benzene rings is 1. The number of nitrogens with zero attached hydrogens (tertiary/aromatic N) is 1. The molecule has 0 bridgehead atoms. The number of likely N-dealkylation sites (tertiary alicyclic amines) is 1. The van der Waals surface area contributed by atoms with Gasteiger partial charge in [0.1, 0.15) is 5.75 Å². The molecule has 1 atom stereocenters. The molecule has 5 heteroatoms. The van der Waals surface area contributed by atoms with Crippen LogP contribution in [0.4, 0.5) is 5.69 Å². The summed E-state index contributed by atoms with van der Waals surface area (Å²) in [5.74, 6) is 0.694. The molecule has 2 rings (SSSR count). The highest BCUT2D eigenvalue weighted by Crippen LogP contribution is 2.23. The first-order chi connectivity index (χ1) is 9.74. The second-order valence-electron chi connectivity index (χ2n) is 5.07. The van der Waals surface area contributed by atoms with Crippen LogP contribution in [0, 0.1) is 0 Å². The van der Waals surface area contributed by atoms with Crippen LogP contribution in [0.3, 0.4) is 0 Å². The third-order valence-electron chi connectivity index (χ3n) is 3.78. The fourth-order valence-corrected chi connectivity index (χ4v) is 2.66. The van der Waals surface area contributed by atoms with Crippen molar-refractivity contribution in [2.75, 3.05) is 32.1 Å². The summed E-state index contributed by atoms with van der Waals surface area (Å²) in [4.78, 5) is 14.3. The average molecular weight is 277 g/mol. The molecule has 1 aromatic carbocycles. The molecule has 1 aliphatic heterocycles. The van der Waals surface area contributed by atoms with Gasteiger partial charge in [-0.05, 0) is 31.5 Å². The Hall–Kier alpha value is -1.59. The second-order valence-corrected chi connectivity index (χ2v) is 5.07. The number of nitrogens with one attached hydrogen (secondary N) is 1. The molecule has 3 N–H and O–H groups in total. The van der Waals surface area contributed by atoms with Gasteiger partial charge in [0.15, 0.2) is 0 Å². The fraction of sp³-hybridized carbons (Fsp3) is 0.533. The smallest absolute Gasteiger partial charge is 0.225 e. The van der Waals surface area contributed by atoms with Crippen LogP contribution in [0.2, 0.25) is 0 Å². The van der Waals surface area contributed by atoms with Crippen molar-refractivity contribution < 1.29 is 9.53 Å². The van der Waals surface area contributed by atoms with E-state index in [1.54, 1.807) is 7.11 Å². The molecule has 1 amide bonds. The lowest BCUT2D eigenvalue weighted by Gasteiger charge is -2.22. The standard InChI is InChI=1S/C15H23N3O2/c1-20-14-7-3-2-6-13(14)17-15(19)8-10-18-9-4-5-12(18)11-16/h2-3,6-7,12H,4-5,8-11,16H2,1H3,(H,17,19). The molecule has 0 spiro atoms. The Labute approximate surface area is 120 Å². The number of carbonyl (C=O) groups is 1. The lowest BCUT2D eigenvalue weighted by molar-refractivity contribution is -0.116. The molecule has 0 saturated carbocycles. The van der Waals surface area contributed by atoms with Crippen molar-refractivity contribution in [3.8, 4) is 5.75 Å². The van der Waals surface area contributed by atoms with E-state index in [1.165, 1.54) is 6.42 Å². The van der Waals surface area contributed by atoms with E-state index in [4.69, 9.17) is 10.5 Å². The van der Waals surface area contributed by atoms with Crippen molar-refractivity contribution in [2.24, 2.45) is 5.73 Å². The van der Waals surface area contributed by atoms with Gasteiger partial charge >= 0.3 is 0 Å². The summed E-state index contributed by atoms with van der Waals surface area (Å²) in [6.45, 7) is 2.49. The zero-order chi connectivity index (χ0) is 14.4. The third-order valence-corrected chi connectivity index (χ3v) is 3.78. The molecule has 0 aromatic heterocycles. The number of rotatable bonds is 6. The van der Waals surface area contributed by atoms with E-state index in [2.05, 4.69) is 10.2 Å². The molecule has 1 unspecified atom stereocenters. The normalized spacial score (nSPS) is 19.0. The minimum Gasteiger partial charge on any atom is -0.495 e. The molecule has 5 nitrogen and oxygen atoms in total. The van der Waals surface area contributed by atoms with Crippen LogP contribution in [0.5, 0.6) is 5.75 Å². The Morgan fingerprint density at radius 1 is 1.50 bits per heavy atom. The monoisotopic (exact) mass is 277 g/mol. The number of nitrogens with two attached hydrogens (primary N) is 1. The van der Waals surface area contributed by atoms with Crippen molar-refractivity contribution in [2.45, 2.75) is 25.3 Å². The average Bonchev–Trinajstić information content (AvgIpc) is 2.93. The summed E-state index contributed by atoms with van der Waals surface area (Å²) in [7, 11) is 1.60. The quantitative estimate of drug-likeness (QED) is 0.826. The highest BCUT2D eigenvalue weighted by molar-refractivity contribution is 5.92. The van der Waals surface area contributed by atoms with E-state index in [0.29, 0.717) is 24.8 Å². The number of carbonyl (C=O) groups excluding carboxylic acids is 1. The number of para-hydroxylation sites is 2. The van der Waals surface area contributed by atoms with Crippen molar-refractivity contribution in [1.82, 2.24) is 4.90 Å². The number of methoxy groups -OCH3 is 1. The van der Waals surface area contributed by atoms with Crippen LogP contribution >= 0.6 is 0 Å². The zero-order valence-electron chi connectivity index (χ0n) is 12.0. The van der Waals surface area contributed by atoms with Crippen LogP contribution in [-0.2, 0) is 4.79 Å². The molecule has 1 saturated heterocycles. The Kier molecular flexibility index (Phi) is 5.38. The predicted molar refractivity (Wildman–Crippen MR) is 79.9 cm³/mol. The summed E-state index contributed by atoms with van der Waals surface area (Å²) < 4.78 is 5.22. The number of hydrogen-bond acceptors (Lipinski definition) is 4. The Morgan fingerprint density at radius 3 is 3.05 bits per heavy atom. The molecule has 1 heterocycles. The number of hydrogen-bond donors (Lipinski definition) is 2. The molecule has 0 radical (unpaired) electrons. The number of amides is 1. The van der Waals surface area contributed by atoms with E-state index in [-0.39, 0.29) is 5.91 Å². The SMILES string of the molecule is COc1ccccc1NC(=O)CCN1CCCC1CN. The van der Waals surface area contributed by atoms with Gasteiger partial charge in [0, 0.05) is 25.6 Å². The van der Waals surface area contributed by atoms with E-state index in [9.17, 15) is 4.79 Å². The van der Waals surface area contributed by atoms with E-state index in [0.717, 1.165) is 25.2 Å². The number of anilines is 1. The first-order valence-electron chi connectivity index (χ1n) is 7.11. The molecule has 1 fully saturated rings. The topological polar surface area (TPSA) is 67.6 Å². The van der Waals surface area contributed by atoms with E-state index < -0.39 is 0 Å². The van der Waals surface area contributed by atoms with Crippen LogP contribution < -0.4 is 15.8 Å². The van der Waals surface area contributed by atoms with Gasteiger partial charge in [0.25, 0.3) is 0 Å². The van der Waals surface area contributed by atoms with Crippen molar-refractivity contribution in [3.05, 3.63) is 24.3 Å². The third kappa shape index (κ3) is 3.71. The zero-order valence-corrected chi connectivity index (χ0v) is 12.0. The molecular weight excluding hydrogens is 254 g/mol. The first kappa shape index (κ1) is 14.8. The molecule has 1 aliphatic rings. The Bertz CT molecular complexity index is 450. The van der Waals surface area contributed by atoms with Gasteiger partial charge in [0.05, 0.1) is 12.8 Å². The van der Waals surface area contributed by atoms with Gasteiger partial charge in [-0.2, -0.15) is 0 Å². The fourth-order valence-electron chi connectivity index (χ4n) is 2.66. The van der Waals surface area contributed by atoms with Crippen molar-refractivity contribution >= 4 is 11.6 Å². The first-order valence-corrected chi connectivity index (χ1v) is 7.11. The lowest BCUT2D eigenvalue weighted by Crippen LogP contribution is -2.37. The highest BCUT2D eigenvalue weighted by Gasteiger charge is 2.23. The van der Waals surface area contributed by atoms with E-state index in [1.807, 2.05) is 24.3 Å². The highest BCUT2D eigenvalue weighted by atomic mass is 16.5. The molecule has 0 aliphatic carbocycles. The lowest BCUT2D eigenvalue weighted by atomic mass is 10.2. The van der Waals surface area contributed by atoms with Gasteiger partial charge in [-0.25, -0.2) is 0 Å². The summed E-state index contributed by atoms with van der Waals surface area (Å²) in [6.07, 6.45) is 2.80.